The number of fused-ring (bicyclic) bond motifs is 1. The van der Waals surface area contributed by atoms with E-state index in [-0.39, 0.29) is 6.03 Å². The quantitative estimate of drug-likeness (QED) is 0.892. The zero-order valence-corrected chi connectivity index (χ0v) is 14.1. The monoisotopic (exact) mass is 376 g/mol. The van der Waals surface area contributed by atoms with E-state index in [1.54, 1.807) is 17.3 Å². The minimum Gasteiger partial charge on any atom is -0.491 e. The second-order valence-corrected chi connectivity index (χ2v) is 6.07. The number of urea groups is 1. The third-order valence-electron chi connectivity index (χ3n) is 3.63. The molecule has 0 radical (unpaired) electrons. The lowest BCUT2D eigenvalue weighted by molar-refractivity contribution is 0.188. The molecule has 0 aliphatic carbocycles. The topological polar surface area (TPSA) is 67.4 Å². The molecule has 1 aromatic heterocycles. The molecule has 2 heterocycles. The number of rotatable bonds is 3. The smallest absolute Gasteiger partial charge is 0.317 e. The average molecular weight is 377 g/mol. The summed E-state index contributed by atoms with van der Waals surface area (Å²) in [6.45, 7) is 2.12. The van der Waals surface area contributed by atoms with Gasteiger partial charge in [-0.05, 0) is 24.1 Å². The van der Waals surface area contributed by atoms with Crippen LogP contribution in [0, 0.1) is 0 Å². The van der Waals surface area contributed by atoms with Crippen LogP contribution < -0.4 is 10.1 Å². The Morgan fingerprint density at radius 1 is 1.35 bits per heavy atom. The van der Waals surface area contributed by atoms with Gasteiger partial charge in [0.2, 0.25) is 0 Å². The highest BCUT2D eigenvalue weighted by Gasteiger charge is 2.21. The summed E-state index contributed by atoms with van der Waals surface area (Å²) in [5.41, 5.74) is 2.00. The van der Waals surface area contributed by atoms with Crippen LogP contribution in [-0.4, -0.2) is 40.6 Å². The van der Waals surface area contributed by atoms with Crippen LogP contribution >= 0.6 is 15.9 Å². The third-order valence-corrected chi connectivity index (χ3v) is 4.38. The molecule has 0 bridgehead atoms. The van der Waals surface area contributed by atoms with Crippen molar-refractivity contribution in [1.29, 1.82) is 0 Å². The van der Waals surface area contributed by atoms with Crippen LogP contribution in [-0.2, 0) is 13.0 Å². The molecule has 0 unspecified atom stereocenters. The summed E-state index contributed by atoms with van der Waals surface area (Å²) in [4.78, 5) is 22.1. The van der Waals surface area contributed by atoms with Gasteiger partial charge in [-0.15, -0.1) is 0 Å². The largest absolute Gasteiger partial charge is 0.491 e. The predicted molar refractivity (Wildman–Crippen MR) is 89.2 cm³/mol. The fourth-order valence-corrected chi connectivity index (χ4v) is 2.89. The number of halogens is 1. The molecule has 0 saturated heterocycles. The Morgan fingerprint density at radius 3 is 3.00 bits per heavy atom. The van der Waals surface area contributed by atoms with Crippen LogP contribution in [0.4, 0.5) is 4.79 Å². The summed E-state index contributed by atoms with van der Waals surface area (Å²) in [6, 6.07) is 5.73. The maximum atomic E-state index is 12.4. The van der Waals surface area contributed by atoms with E-state index in [0.29, 0.717) is 32.7 Å². The number of nitrogens with one attached hydrogen (secondary N) is 1. The number of amides is 2. The Hall–Kier alpha value is -2.15. The highest BCUT2D eigenvalue weighted by molar-refractivity contribution is 9.10. The molecule has 2 aromatic rings. The first-order valence-corrected chi connectivity index (χ1v) is 8.20. The standard InChI is InChI=1S/C16H17BrN4O2/c17-14-2-1-3-15-13(14)10-21(6-7-23-15)16(22)20-5-4-12-8-18-11-19-9-12/h1-3,8-9,11H,4-7,10H2,(H,20,22). The first-order valence-electron chi connectivity index (χ1n) is 7.41. The fraction of sp³-hybridized carbons (Fsp3) is 0.312. The summed E-state index contributed by atoms with van der Waals surface area (Å²) in [7, 11) is 0. The molecule has 1 aliphatic rings. The van der Waals surface area contributed by atoms with Crippen molar-refractivity contribution in [3.63, 3.8) is 0 Å². The van der Waals surface area contributed by atoms with Crippen LogP contribution in [0.5, 0.6) is 5.75 Å². The molecule has 1 aliphatic heterocycles. The molecule has 120 valence electrons. The van der Waals surface area contributed by atoms with Crippen molar-refractivity contribution in [3.05, 3.63) is 52.5 Å². The van der Waals surface area contributed by atoms with E-state index in [1.807, 2.05) is 18.2 Å². The van der Waals surface area contributed by atoms with E-state index in [4.69, 9.17) is 4.74 Å². The molecule has 0 spiro atoms. The minimum atomic E-state index is -0.0888. The van der Waals surface area contributed by atoms with Crippen molar-refractivity contribution in [1.82, 2.24) is 20.2 Å². The lowest BCUT2D eigenvalue weighted by Crippen LogP contribution is -2.41. The molecule has 23 heavy (non-hydrogen) atoms. The summed E-state index contributed by atoms with van der Waals surface area (Å²) in [6.07, 6.45) is 5.71. The first-order chi connectivity index (χ1) is 11.2. The third kappa shape index (κ3) is 3.98. The lowest BCUT2D eigenvalue weighted by Gasteiger charge is -2.20. The Balaban J connectivity index is 1.58. The minimum absolute atomic E-state index is 0.0888. The second kappa shape index (κ2) is 7.41. The number of ether oxygens (including phenoxy) is 1. The van der Waals surface area contributed by atoms with Gasteiger partial charge < -0.3 is 15.0 Å². The zero-order chi connectivity index (χ0) is 16.1. The van der Waals surface area contributed by atoms with Crippen molar-refractivity contribution < 1.29 is 9.53 Å². The maximum Gasteiger partial charge on any atom is 0.317 e. The van der Waals surface area contributed by atoms with Gasteiger partial charge in [0.1, 0.15) is 18.7 Å². The van der Waals surface area contributed by atoms with Crippen LogP contribution in [0.25, 0.3) is 0 Å². The van der Waals surface area contributed by atoms with Gasteiger partial charge in [0.25, 0.3) is 0 Å². The number of aromatic nitrogens is 2. The summed E-state index contributed by atoms with van der Waals surface area (Å²) in [5.74, 6) is 0.830. The van der Waals surface area contributed by atoms with Crippen LogP contribution in [0.1, 0.15) is 11.1 Å². The van der Waals surface area contributed by atoms with Gasteiger partial charge in [-0.2, -0.15) is 0 Å². The normalized spacial score (nSPS) is 13.7. The van der Waals surface area contributed by atoms with Crippen molar-refractivity contribution in [2.75, 3.05) is 19.7 Å². The summed E-state index contributed by atoms with van der Waals surface area (Å²) in [5, 5.41) is 2.94. The molecular weight excluding hydrogens is 360 g/mol. The molecule has 6 nitrogen and oxygen atoms in total. The molecule has 3 rings (SSSR count). The van der Waals surface area contributed by atoms with E-state index in [0.717, 1.165) is 21.3 Å². The molecule has 0 fully saturated rings. The predicted octanol–water partition coefficient (Wildman–Crippen LogP) is 2.39. The first kappa shape index (κ1) is 15.7. The van der Waals surface area contributed by atoms with Gasteiger partial charge in [-0.25, -0.2) is 14.8 Å². The van der Waals surface area contributed by atoms with E-state index in [1.165, 1.54) is 6.33 Å². The molecule has 1 aromatic carbocycles. The van der Waals surface area contributed by atoms with E-state index < -0.39 is 0 Å². The molecular formula is C16H17BrN4O2. The number of hydrogen-bond donors (Lipinski definition) is 1. The van der Waals surface area contributed by atoms with Crippen molar-refractivity contribution >= 4 is 22.0 Å². The van der Waals surface area contributed by atoms with Crippen molar-refractivity contribution in [3.8, 4) is 5.75 Å². The van der Waals surface area contributed by atoms with E-state index in [2.05, 4.69) is 31.2 Å². The number of carbonyl (C=O) groups is 1. The number of carbonyl (C=O) groups excluding carboxylic acids is 1. The summed E-state index contributed by atoms with van der Waals surface area (Å²) >= 11 is 3.52. The number of benzene rings is 1. The fourth-order valence-electron chi connectivity index (χ4n) is 2.42. The van der Waals surface area contributed by atoms with Crippen molar-refractivity contribution in [2.24, 2.45) is 0 Å². The second-order valence-electron chi connectivity index (χ2n) is 5.22. The maximum absolute atomic E-state index is 12.4. The Kier molecular flexibility index (Phi) is 5.07. The summed E-state index contributed by atoms with van der Waals surface area (Å²) < 4.78 is 6.67. The van der Waals surface area contributed by atoms with Gasteiger partial charge in [0.05, 0.1) is 13.1 Å². The average Bonchev–Trinajstić information content (AvgIpc) is 2.79. The van der Waals surface area contributed by atoms with Gasteiger partial charge in [0.15, 0.2) is 0 Å². The number of nitrogens with zero attached hydrogens (tertiary/aromatic N) is 3. The van der Waals surface area contributed by atoms with Gasteiger partial charge >= 0.3 is 6.03 Å². The Morgan fingerprint density at radius 2 is 2.17 bits per heavy atom. The van der Waals surface area contributed by atoms with Crippen LogP contribution in [0.3, 0.4) is 0 Å². The molecule has 0 atom stereocenters. The Bertz CT molecular complexity index is 681. The van der Waals surface area contributed by atoms with Gasteiger partial charge in [-0.3, -0.25) is 0 Å². The number of hydrogen-bond acceptors (Lipinski definition) is 4. The van der Waals surface area contributed by atoms with Crippen molar-refractivity contribution in [2.45, 2.75) is 13.0 Å². The molecule has 2 amide bonds. The highest BCUT2D eigenvalue weighted by Crippen LogP contribution is 2.29. The molecule has 7 heteroatoms. The zero-order valence-electron chi connectivity index (χ0n) is 12.5. The van der Waals surface area contributed by atoms with Crippen LogP contribution in [0.15, 0.2) is 41.4 Å². The SMILES string of the molecule is O=C(NCCc1cncnc1)N1CCOc2cccc(Br)c2C1. The van der Waals surface area contributed by atoms with Crippen LogP contribution in [0.2, 0.25) is 0 Å². The highest BCUT2D eigenvalue weighted by atomic mass is 79.9. The van der Waals surface area contributed by atoms with Gasteiger partial charge in [0, 0.05) is 29.0 Å². The van der Waals surface area contributed by atoms with E-state index >= 15 is 0 Å². The molecule has 1 N–H and O–H groups in total. The van der Waals surface area contributed by atoms with E-state index in [9.17, 15) is 4.79 Å². The van der Waals surface area contributed by atoms with Gasteiger partial charge in [-0.1, -0.05) is 22.0 Å². The molecule has 0 saturated carbocycles. The Labute approximate surface area is 143 Å². The lowest BCUT2D eigenvalue weighted by atomic mass is 10.2.